The Balaban J connectivity index is 1.60. The molecule has 0 bridgehead atoms. The molecule has 8 atom stereocenters. The van der Waals surface area contributed by atoms with Gasteiger partial charge in [-0.3, -0.25) is 9.59 Å². The second-order valence-electron chi connectivity index (χ2n) is 16.4. The van der Waals surface area contributed by atoms with Crippen molar-refractivity contribution in [3.8, 4) is 6.07 Å². The molecule has 0 aromatic carbocycles. The molecule has 0 saturated heterocycles. The Morgan fingerprint density at radius 3 is 2.33 bits per heavy atom. The number of nitriles is 1. The van der Waals surface area contributed by atoms with Crippen molar-refractivity contribution < 1.29 is 9.59 Å². The summed E-state index contributed by atoms with van der Waals surface area (Å²) in [6, 6.07) is 2.28. The minimum absolute atomic E-state index is 0.0204. The number of Topliss-reactive ketones (excluding diaryl/α,β-unsaturated/α-hetero) is 1. The van der Waals surface area contributed by atoms with Gasteiger partial charge in [0.1, 0.15) is 6.07 Å². The fourth-order valence-electron chi connectivity index (χ4n) is 11.5. The summed E-state index contributed by atoms with van der Waals surface area (Å²) < 4.78 is 0. The summed E-state index contributed by atoms with van der Waals surface area (Å²) in [5.41, 5.74) is 1.47. The number of nitrogens with one attached hydrogen (secondary N) is 1. The fraction of sp³-hybridized carbons (Fsp3) is 0.800. The van der Waals surface area contributed by atoms with E-state index < -0.39 is 5.41 Å². The quantitative estimate of drug-likeness (QED) is 0.377. The molecule has 4 fully saturated rings. The maximum absolute atomic E-state index is 13.3. The highest BCUT2D eigenvalue weighted by atomic mass is 16.1. The number of carbonyl (C=O) groups is 2. The lowest BCUT2D eigenvalue weighted by molar-refractivity contribution is -0.212. The van der Waals surface area contributed by atoms with Crippen LogP contribution in [0.2, 0.25) is 0 Å². The third-order valence-electron chi connectivity index (χ3n) is 13.7. The zero-order chi connectivity index (χ0) is 28.8. The van der Waals surface area contributed by atoms with Crippen LogP contribution in [0, 0.1) is 67.5 Å². The second kappa shape index (κ2) is 8.80. The predicted octanol–water partition coefficient (Wildman–Crippen LogP) is 7.80. The lowest BCUT2D eigenvalue weighted by Gasteiger charge is -2.73. The van der Waals surface area contributed by atoms with Crippen LogP contribution in [-0.4, -0.2) is 18.2 Å². The molecule has 39 heavy (non-hydrogen) atoms. The van der Waals surface area contributed by atoms with E-state index in [1.807, 2.05) is 6.92 Å². The normalized spacial score (nSPS) is 46.0. The van der Waals surface area contributed by atoms with Gasteiger partial charge in [0.2, 0.25) is 5.91 Å². The lowest BCUT2D eigenvalue weighted by Crippen LogP contribution is -2.67. The van der Waals surface area contributed by atoms with Crippen LogP contribution in [0.15, 0.2) is 23.8 Å². The van der Waals surface area contributed by atoms with E-state index in [0.29, 0.717) is 36.3 Å². The molecule has 0 spiro atoms. The van der Waals surface area contributed by atoms with Gasteiger partial charge in [0.05, 0.1) is 5.57 Å². The SMILES string of the molecule is C=C1C[C@@H]2[C@@]3(C)C=C(C#N)C(=O)C(C)(C)[C@@H]3CC[C@@]2(C)[C@]2(C)CC[C@@]3(CC(=O)NCC)CCC(C)(C)CC3C12. The number of hydrogen-bond acceptors (Lipinski definition) is 3. The Morgan fingerprint density at radius 2 is 1.69 bits per heavy atom. The summed E-state index contributed by atoms with van der Waals surface area (Å²) in [5, 5.41) is 13.1. The Bertz CT molecular complexity index is 1170. The third-order valence-corrected chi connectivity index (χ3v) is 13.7. The van der Waals surface area contributed by atoms with Crippen molar-refractivity contribution in [1.29, 1.82) is 5.26 Å². The molecule has 0 heterocycles. The number of rotatable bonds is 3. The van der Waals surface area contributed by atoms with Gasteiger partial charge in [0, 0.05) is 18.4 Å². The van der Waals surface area contributed by atoms with Gasteiger partial charge < -0.3 is 5.32 Å². The average Bonchev–Trinajstić information content (AvgIpc) is 2.84. The maximum Gasteiger partial charge on any atom is 0.220 e. The first-order valence-electron chi connectivity index (χ1n) is 15.6. The topological polar surface area (TPSA) is 70.0 Å². The van der Waals surface area contributed by atoms with Crippen molar-refractivity contribution in [2.45, 2.75) is 113 Å². The van der Waals surface area contributed by atoms with Crippen LogP contribution in [-0.2, 0) is 9.59 Å². The molecule has 5 aliphatic carbocycles. The van der Waals surface area contributed by atoms with Crippen molar-refractivity contribution in [2.24, 2.45) is 56.2 Å². The highest BCUT2D eigenvalue weighted by molar-refractivity contribution is 6.04. The molecule has 4 nitrogen and oxygen atoms in total. The zero-order valence-corrected chi connectivity index (χ0v) is 25.9. The number of hydrogen-bond donors (Lipinski definition) is 1. The molecule has 214 valence electrons. The predicted molar refractivity (Wildman–Crippen MR) is 156 cm³/mol. The first kappa shape index (κ1) is 28.6. The number of fused-ring (bicyclic) bond motifs is 7. The molecule has 5 rings (SSSR count). The van der Waals surface area contributed by atoms with E-state index in [9.17, 15) is 14.9 Å². The largest absolute Gasteiger partial charge is 0.356 e. The number of ketones is 1. The number of amides is 1. The first-order chi connectivity index (χ1) is 18.0. The third kappa shape index (κ3) is 3.80. The number of nitrogens with zero attached hydrogens (tertiary/aromatic N) is 1. The fourth-order valence-corrected chi connectivity index (χ4v) is 11.5. The van der Waals surface area contributed by atoms with Gasteiger partial charge in [0.25, 0.3) is 0 Å². The van der Waals surface area contributed by atoms with Gasteiger partial charge in [-0.25, -0.2) is 0 Å². The van der Waals surface area contributed by atoms with Crippen LogP contribution in [0.3, 0.4) is 0 Å². The van der Waals surface area contributed by atoms with Crippen LogP contribution in [0.1, 0.15) is 113 Å². The van der Waals surface area contributed by atoms with Gasteiger partial charge in [-0.15, -0.1) is 0 Å². The molecule has 0 aromatic heterocycles. The van der Waals surface area contributed by atoms with Gasteiger partial charge in [0.15, 0.2) is 5.78 Å². The standard InChI is InChI=1S/C35H52N2O2/c1-10-37-27(38)20-35-15-13-30(3,4)19-24(35)28-22(2)17-26-32(7)18-23(21-36)29(39)31(5,6)25(32)11-12-33(26,8)34(28,9)14-16-35/h18,24-26,28H,2,10-17,19-20H2,1,3-9H3,(H,37,38)/t24?,25-,26+,28?,32-,33+,34+,35+/m0/s1. The van der Waals surface area contributed by atoms with E-state index in [2.05, 4.69) is 65.9 Å². The smallest absolute Gasteiger partial charge is 0.220 e. The number of carbonyl (C=O) groups excluding carboxylic acids is 2. The summed E-state index contributed by atoms with van der Waals surface area (Å²) in [4.78, 5) is 26.4. The molecule has 2 unspecified atom stereocenters. The van der Waals surface area contributed by atoms with Crippen molar-refractivity contribution in [3.63, 3.8) is 0 Å². The Morgan fingerprint density at radius 1 is 1.03 bits per heavy atom. The van der Waals surface area contributed by atoms with Gasteiger partial charge in [-0.2, -0.15) is 5.26 Å². The molecule has 1 amide bonds. The van der Waals surface area contributed by atoms with E-state index in [1.54, 1.807) is 0 Å². The molecule has 1 N–H and O–H groups in total. The summed E-state index contributed by atoms with van der Waals surface area (Å²) >= 11 is 0. The average molecular weight is 533 g/mol. The van der Waals surface area contributed by atoms with E-state index in [4.69, 9.17) is 6.58 Å². The monoisotopic (exact) mass is 532 g/mol. The summed E-state index contributed by atoms with van der Waals surface area (Å²) in [5.74, 6) is 1.68. The van der Waals surface area contributed by atoms with Crippen LogP contribution >= 0.6 is 0 Å². The highest BCUT2D eigenvalue weighted by Gasteiger charge is 2.71. The highest BCUT2D eigenvalue weighted by Crippen LogP contribution is 2.77. The van der Waals surface area contributed by atoms with Gasteiger partial charge >= 0.3 is 0 Å². The van der Waals surface area contributed by atoms with Crippen LogP contribution in [0.4, 0.5) is 0 Å². The Kier molecular flexibility index (Phi) is 6.46. The summed E-state index contributed by atoms with van der Waals surface area (Å²) in [7, 11) is 0. The Hall–Kier alpha value is -1.89. The second-order valence-corrected chi connectivity index (χ2v) is 16.4. The first-order valence-corrected chi connectivity index (χ1v) is 15.6. The van der Waals surface area contributed by atoms with Crippen molar-refractivity contribution in [1.82, 2.24) is 5.32 Å². The van der Waals surface area contributed by atoms with E-state index in [-0.39, 0.29) is 44.7 Å². The minimum Gasteiger partial charge on any atom is -0.356 e. The van der Waals surface area contributed by atoms with E-state index in [1.165, 1.54) is 12.0 Å². The van der Waals surface area contributed by atoms with Crippen molar-refractivity contribution in [3.05, 3.63) is 23.8 Å². The van der Waals surface area contributed by atoms with Gasteiger partial charge in [-0.1, -0.05) is 66.7 Å². The van der Waals surface area contributed by atoms with Crippen molar-refractivity contribution >= 4 is 11.7 Å². The lowest BCUT2D eigenvalue weighted by atomic mass is 9.31. The minimum atomic E-state index is -0.531. The molecule has 4 saturated carbocycles. The zero-order valence-electron chi connectivity index (χ0n) is 25.9. The van der Waals surface area contributed by atoms with E-state index >= 15 is 0 Å². The van der Waals surface area contributed by atoms with Gasteiger partial charge in [-0.05, 0) is 109 Å². The molecular weight excluding hydrogens is 480 g/mol. The molecule has 5 aliphatic rings. The maximum atomic E-state index is 13.3. The van der Waals surface area contributed by atoms with Crippen LogP contribution in [0.5, 0.6) is 0 Å². The molecular formula is C35H52N2O2. The van der Waals surface area contributed by atoms with Crippen LogP contribution in [0.25, 0.3) is 0 Å². The summed E-state index contributed by atoms with van der Waals surface area (Å²) in [6.07, 6.45) is 11.5. The molecule has 4 heteroatoms. The molecule has 0 aromatic rings. The van der Waals surface area contributed by atoms with E-state index in [0.717, 1.165) is 44.9 Å². The number of allylic oxidation sites excluding steroid dienone is 3. The summed E-state index contributed by atoms with van der Waals surface area (Å²) in [6.45, 7) is 24.0. The van der Waals surface area contributed by atoms with Crippen molar-refractivity contribution in [2.75, 3.05) is 6.54 Å². The molecule has 0 aliphatic heterocycles. The Labute approximate surface area is 237 Å². The molecule has 0 radical (unpaired) electrons. The van der Waals surface area contributed by atoms with Crippen LogP contribution < -0.4 is 5.32 Å².